The Labute approximate surface area is 213 Å². The molecular weight excluding hydrogens is 450 g/mol. The van der Waals surface area contributed by atoms with Crippen LogP contribution in [-0.4, -0.2) is 57.8 Å². The van der Waals surface area contributed by atoms with Gasteiger partial charge in [-0.1, -0.05) is 43.3 Å². The van der Waals surface area contributed by atoms with E-state index >= 15 is 0 Å². The maximum atomic E-state index is 13.5. The number of ether oxygens (including phenoxy) is 1. The Hall–Kier alpha value is -3.45. The fraction of sp³-hybridized carbons (Fsp3) is 0.414. The van der Waals surface area contributed by atoms with Crippen molar-refractivity contribution in [3.8, 4) is 17.1 Å². The number of pyridine rings is 1. The molecule has 0 radical (unpaired) electrons. The Morgan fingerprint density at radius 2 is 2.06 bits per heavy atom. The fourth-order valence-electron chi connectivity index (χ4n) is 5.32. The number of rotatable bonds is 7. The first-order valence-corrected chi connectivity index (χ1v) is 13.0. The van der Waals surface area contributed by atoms with E-state index < -0.39 is 0 Å². The van der Waals surface area contributed by atoms with E-state index in [1.165, 1.54) is 5.56 Å². The number of likely N-dealkylation sites (tertiary alicyclic amines) is 1. The number of H-pyrrole nitrogens is 1. The van der Waals surface area contributed by atoms with E-state index in [0.29, 0.717) is 18.2 Å². The summed E-state index contributed by atoms with van der Waals surface area (Å²) in [6.45, 7) is 9.07. The molecule has 188 valence electrons. The Bertz CT molecular complexity index is 1200. The molecule has 1 unspecified atom stereocenters. The average Bonchev–Trinajstić information content (AvgIpc) is 3.32. The van der Waals surface area contributed by atoms with Crippen LogP contribution in [0.5, 0.6) is 5.88 Å². The highest BCUT2D eigenvalue weighted by atomic mass is 16.5. The van der Waals surface area contributed by atoms with Crippen LogP contribution in [0.2, 0.25) is 0 Å². The molecule has 5 rings (SSSR count). The summed E-state index contributed by atoms with van der Waals surface area (Å²) in [6.07, 6.45) is 7.48. The summed E-state index contributed by atoms with van der Waals surface area (Å²) in [5.74, 6) is 0.755. The van der Waals surface area contributed by atoms with Crippen LogP contribution in [0.4, 0.5) is 0 Å². The number of aromatic amines is 1. The molecule has 1 fully saturated rings. The van der Waals surface area contributed by atoms with Crippen LogP contribution in [0.1, 0.15) is 49.9 Å². The molecule has 7 heteroatoms. The van der Waals surface area contributed by atoms with E-state index in [1.807, 2.05) is 44.2 Å². The van der Waals surface area contributed by atoms with E-state index in [-0.39, 0.29) is 24.0 Å². The van der Waals surface area contributed by atoms with Crippen molar-refractivity contribution >= 4 is 12.0 Å². The third kappa shape index (κ3) is 5.21. The second-order valence-corrected chi connectivity index (χ2v) is 10.0. The largest absolute Gasteiger partial charge is 0.475 e. The smallest absolute Gasteiger partial charge is 0.227 e. The number of carbonyl (C=O) groups is 1. The molecule has 0 spiro atoms. The normalized spacial score (nSPS) is 21.8. The van der Waals surface area contributed by atoms with Crippen LogP contribution in [0.25, 0.3) is 17.3 Å². The molecule has 3 atom stereocenters. The van der Waals surface area contributed by atoms with Crippen molar-refractivity contribution in [2.75, 3.05) is 19.6 Å². The minimum absolute atomic E-state index is 0.0703. The van der Waals surface area contributed by atoms with E-state index in [0.717, 1.165) is 48.6 Å². The lowest BCUT2D eigenvalue weighted by Gasteiger charge is -2.39. The first kappa shape index (κ1) is 24.3. The Balaban J connectivity index is 1.31. The molecule has 1 aliphatic heterocycles. The van der Waals surface area contributed by atoms with Gasteiger partial charge in [-0.15, -0.1) is 0 Å². The first-order chi connectivity index (χ1) is 17.5. The third-order valence-corrected chi connectivity index (χ3v) is 7.22. The molecule has 3 aromatic rings. The van der Waals surface area contributed by atoms with Crippen molar-refractivity contribution < 1.29 is 9.53 Å². The summed E-state index contributed by atoms with van der Waals surface area (Å²) in [5, 5.41) is 11.1. The zero-order valence-corrected chi connectivity index (χ0v) is 21.3. The number of piperidine rings is 1. The lowest BCUT2D eigenvalue weighted by Crippen LogP contribution is -2.52. The van der Waals surface area contributed by atoms with Crippen LogP contribution >= 0.6 is 0 Å². The minimum atomic E-state index is -0.237. The third-order valence-electron chi connectivity index (χ3n) is 7.22. The lowest BCUT2D eigenvalue weighted by atomic mass is 9.84. The number of hydrogen-bond acceptors (Lipinski definition) is 5. The van der Waals surface area contributed by atoms with Crippen molar-refractivity contribution in [1.82, 2.24) is 25.4 Å². The molecule has 1 aliphatic carbocycles. The topological polar surface area (TPSA) is 83.1 Å². The van der Waals surface area contributed by atoms with Crippen molar-refractivity contribution in [3.63, 3.8) is 0 Å². The van der Waals surface area contributed by atoms with Gasteiger partial charge in [-0.25, -0.2) is 4.98 Å². The standard InChI is InChI=1S/C29H35N5O2/c1-4-34-15-14-23(20-8-6-5-7-9-20)26(18-34)31-29(35)21-10-12-25-24(16-21)28(33-32-25)22-11-13-27(30-17-22)36-19(2)3/h5-13,17,19,21,23,26H,4,14-16,18H2,1-3H3,(H,31,35)(H,32,33)/t21?,23-,26+/m0/s1. The summed E-state index contributed by atoms with van der Waals surface area (Å²) in [7, 11) is 0. The molecule has 2 N–H and O–H groups in total. The van der Waals surface area contributed by atoms with Crippen molar-refractivity contribution in [1.29, 1.82) is 0 Å². The van der Waals surface area contributed by atoms with Gasteiger partial charge in [0.25, 0.3) is 0 Å². The van der Waals surface area contributed by atoms with Crippen molar-refractivity contribution in [2.24, 2.45) is 5.92 Å². The number of benzene rings is 1. The van der Waals surface area contributed by atoms with Crippen LogP contribution in [0.3, 0.4) is 0 Å². The maximum absolute atomic E-state index is 13.5. The van der Waals surface area contributed by atoms with Gasteiger partial charge < -0.3 is 15.0 Å². The molecule has 2 aliphatic rings. The summed E-state index contributed by atoms with van der Waals surface area (Å²) in [4.78, 5) is 20.4. The van der Waals surface area contributed by atoms with E-state index in [9.17, 15) is 4.79 Å². The monoisotopic (exact) mass is 485 g/mol. The number of aromatic nitrogens is 3. The Kier molecular flexibility index (Phi) is 7.18. The summed E-state index contributed by atoms with van der Waals surface area (Å²) in [6, 6.07) is 14.5. The molecule has 1 aromatic carbocycles. The van der Waals surface area contributed by atoms with Crippen LogP contribution in [0.15, 0.2) is 54.7 Å². The van der Waals surface area contributed by atoms with Crippen LogP contribution in [0, 0.1) is 5.92 Å². The zero-order chi connectivity index (χ0) is 25.1. The summed E-state index contributed by atoms with van der Waals surface area (Å²) < 4.78 is 5.67. The SMILES string of the molecule is CCN1CC[C@@H](c2ccccc2)[C@H](NC(=O)C2C=Cc3[nH]nc(-c4ccc(OC(C)C)nc4)c3C2)C1. The molecule has 1 saturated heterocycles. The first-order valence-electron chi connectivity index (χ1n) is 13.0. The number of likely N-dealkylation sites (N-methyl/N-ethyl adjacent to an activating group) is 1. The molecule has 0 saturated carbocycles. The molecule has 7 nitrogen and oxygen atoms in total. The van der Waals surface area contributed by atoms with Crippen LogP contribution in [-0.2, 0) is 11.2 Å². The highest BCUT2D eigenvalue weighted by Crippen LogP contribution is 2.32. The van der Waals surface area contributed by atoms with E-state index in [2.05, 4.69) is 56.6 Å². The highest BCUT2D eigenvalue weighted by Gasteiger charge is 2.33. The second-order valence-electron chi connectivity index (χ2n) is 10.0. The molecule has 36 heavy (non-hydrogen) atoms. The maximum Gasteiger partial charge on any atom is 0.227 e. The van der Waals surface area contributed by atoms with Gasteiger partial charge in [0.2, 0.25) is 11.8 Å². The minimum Gasteiger partial charge on any atom is -0.475 e. The average molecular weight is 486 g/mol. The summed E-state index contributed by atoms with van der Waals surface area (Å²) in [5.41, 5.74) is 5.05. The molecule has 3 heterocycles. The lowest BCUT2D eigenvalue weighted by molar-refractivity contribution is -0.124. The second kappa shape index (κ2) is 10.7. The van der Waals surface area contributed by atoms with Gasteiger partial charge in [0.05, 0.1) is 23.4 Å². The molecule has 2 aromatic heterocycles. The number of fused-ring (bicyclic) bond motifs is 1. The van der Waals surface area contributed by atoms with E-state index in [1.54, 1.807) is 6.20 Å². The predicted octanol–water partition coefficient (Wildman–Crippen LogP) is 4.44. The predicted molar refractivity (Wildman–Crippen MR) is 142 cm³/mol. The zero-order valence-electron chi connectivity index (χ0n) is 21.3. The van der Waals surface area contributed by atoms with E-state index in [4.69, 9.17) is 4.74 Å². The number of carbonyl (C=O) groups excluding carboxylic acids is 1. The van der Waals surface area contributed by atoms with Gasteiger partial charge in [0.1, 0.15) is 0 Å². The van der Waals surface area contributed by atoms with Gasteiger partial charge in [0.15, 0.2) is 0 Å². The van der Waals surface area contributed by atoms with Crippen molar-refractivity contribution in [2.45, 2.75) is 51.7 Å². The highest BCUT2D eigenvalue weighted by molar-refractivity contribution is 5.84. The number of nitrogens with zero attached hydrogens (tertiary/aromatic N) is 3. The Morgan fingerprint density at radius 3 is 2.78 bits per heavy atom. The number of amides is 1. The summed E-state index contributed by atoms with van der Waals surface area (Å²) >= 11 is 0. The molecule has 0 bridgehead atoms. The molecular formula is C29H35N5O2. The Morgan fingerprint density at radius 1 is 1.22 bits per heavy atom. The van der Waals surface area contributed by atoms with Crippen LogP contribution < -0.4 is 10.1 Å². The number of nitrogens with one attached hydrogen (secondary N) is 2. The van der Waals surface area contributed by atoms with Gasteiger partial charge in [-0.2, -0.15) is 5.10 Å². The van der Waals surface area contributed by atoms with Gasteiger partial charge in [-0.3, -0.25) is 9.89 Å². The molecule has 1 amide bonds. The number of hydrogen-bond donors (Lipinski definition) is 2. The quantitative estimate of drug-likeness (QED) is 0.517. The van der Waals surface area contributed by atoms with Gasteiger partial charge in [0, 0.05) is 41.9 Å². The van der Waals surface area contributed by atoms with Gasteiger partial charge in [-0.05, 0) is 57.5 Å². The fourth-order valence-corrected chi connectivity index (χ4v) is 5.32. The van der Waals surface area contributed by atoms with Crippen molar-refractivity contribution in [3.05, 3.63) is 71.6 Å². The van der Waals surface area contributed by atoms with Gasteiger partial charge >= 0.3 is 0 Å².